The van der Waals surface area contributed by atoms with Crippen LogP contribution in [0.4, 0.5) is 0 Å². The third kappa shape index (κ3) is 1.08. The van der Waals surface area contributed by atoms with Gasteiger partial charge in [-0.25, -0.2) is 0 Å². The molecule has 4 heteroatoms. The Morgan fingerprint density at radius 3 is 2.86 bits per heavy atom. The number of aromatic hydroxyl groups is 1. The summed E-state index contributed by atoms with van der Waals surface area (Å²) >= 11 is 0. The molecule has 0 amide bonds. The summed E-state index contributed by atoms with van der Waals surface area (Å²) in [6.45, 7) is 0.455. The Balaban J connectivity index is 2.20. The van der Waals surface area contributed by atoms with Crippen molar-refractivity contribution in [2.45, 2.75) is 25.4 Å². The molecule has 0 radical (unpaired) electrons. The van der Waals surface area contributed by atoms with E-state index in [2.05, 4.69) is 0 Å². The van der Waals surface area contributed by atoms with Gasteiger partial charge >= 0.3 is 7.12 Å². The van der Waals surface area contributed by atoms with Gasteiger partial charge in [-0.2, -0.15) is 0 Å². The Bertz CT molecular complexity index is 387. The van der Waals surface area contributed by atoms with Crippen molar-refractivity contribution in [2.75, 3.05) is 0 Å². The molecule has 0 saturated heterocycles. The minimum Gasteiger partial charge on any atom is -0.508 e. The molecule has 1 heterocycles. The third-order valence-electron chi connectivity index (χ3n) is 2.98. The number of benzene rings is 1. The molecule has 0 aromatic heterocycles. The monoisotopic (exact) mass is 190 g/mol. The van der Waals surface area contributed by atoms with Crippen LogP contribution in [0.1, 0.15) is 29.9 Å². The van der Waals surface area contributed by atoms with Crippen LogP contribution in [0.5, 0.6) is 5.75 Å². The van der Waals surface area contributed by atoms with Crippen LogP contribution in [0, 0.1) is 0 Å². The average molecular weight is 190 g/mol. The molecule has 1 aromatic carbocycles. The molecule has 14 heavy (non-hydrogen) atoms. The number of phenolic OH excluding ortho intramolecular Hbond substituents is 1. The van der Waals surface area contributed by atoms with Gasteiger partial charge in [-0.15, -0.1) is 0 Å². The zero-order chi connectivity index (χ0) is 9.71. The highest BCUT2D eigenvalue weighted by Gasteiger charge is 2.37. The lowest BCUT2D eigenvalue weighted by Gasteiger charge is -2.09. The van der Waals surface area contributed by atoms with Crippen LogP contribution in [0.3, 0.4) is 0 Å². The summed E-state index contributed by atoms with van der Waals surface area (Å²) in [5.41, 5.74) is 2.73. The van der Waals surface area contributed by atoms with Crippen LogP contribution >= 0.6 is 0 Å². The van der Waals surface area contributed by atoms with Crippen LogP contribution in [-0.4, -0.2) is 17.2 Å². The summed E-state index contributed by atoms with van der Waals surface area (Å²) in [4.78, 5) is 0. The van der Waals surface area contributed by atoms with E-state index in [-0.39, 0.29) is 0 Å². The smallest absolute Gasteiger partial charge is 0.492 e. The van der Waals surface area contributed by atoms with E-state index in [1.807, 2.05) is 6.07 Å². The maximum Gasteiger partial charge on any atom is 0.492 e. The highest BCUT2D eigenvalue weighted by molar-refractivity contribution is 6.62. The van der Waals surface area contributed by atoms with Crippen molar-refractivity contribution in [2.24, 2.45) is 0 Å². The maximum absolute atomic E-state index is 9.74. The van der Waals surface area contributed by atoms with Gasteiger partial charge in [0.25, 0.3) is 0 Å². The molecule has 1 fully saturated rings. The second-order valence-electron chi connectivity index (χ2n) is 4.01. The van der Waals surface area contributed by atoms with Crippen LogP contribution in [-0.2, 0) is 11.3 Å². The lowest BCUT2D eigenvalue weighted by molar-refractivity contribution is 0.275. The molecule has 0 bridgehead atoms. The standard InChI is InChI=1S/C10H11BO3/c12-8-4-3-7-5-14-11(13)10(7)9(8)6-1-2-6/h3-4,6,12-13H,1-2,5H2. The summed E-state index contributed by atoms with van der Waals surface area (Å²) in [6, 6.07) is 3.53. The van der Waals surface area contributed by atoms with Crippen LogP contribution in [0.15, 0.2) is 12.1 Å². The Kier molecular flexibility index (Phi) is 1.63. The predicted octanol–water partition coefficient (Wildman–Crippen LogP) is 0.487. The average Bonchev–Trinajstić information content (AvgIpc) is 2.93. The molecular formula is C10H11BO3. The highest BCUT2D eigenvalue weighted by Crippen LogP contribution is 2.44. The minimum atomic E-state index is -0.840. The quantitative estimate of drug-likeness (QED) is 0.633. The summed E-state index contributed by atoms with van der Waals surface area (Å²) in [5.74, 6) is 0.733. The first kappa shape index (κ1) is 8.32. The SMILES string of the molecule is OB1OCc2ccc(O)c(C3CC3)c21. The summed E-state index contributed by atoms with van der Waals surface area (Å²) < 4.78 is 5.14. The highest BCUT2D eigenvalue weighted by atomic mass is 16.5. The zero-order valence-corrected chi connectivity index (χ0v) is 7.73. The van der Waals surface area contributed by atoms with Crippen molar-refractivity contribution >= 4 is 12.6 Å². The van der Waals surface area contributed by atoms with Crippen molar-refractivity contribution in [3.8, 4) is 5.75 Å². The lowest BCUT2D eigenvalue weighted by Crippen LogP contribution is -2.31. The number of hydrogen-bond acceptors (Lipinski definition) is 3. The van der Waals surface area contributed by atoms with Gasteiger partial charge in [0, 0.05) is 0 Å². The molecule has 1 aromatic rings. The molecule has 0 atom stereocenters. The molecule has 0 unspecified atom stereocenters. The summed E-state index contributed by atoms with van der Waals surface area (Å²) in [5, 5.41) is 19.4. The van der Waals surface area contributed by atoms with E-state index in [4.69, 9.17) is 4.65 Å². The molecule has 72 valence electrons. The van der Waals surface area contributed by atoms with Crippen molar-refractivity contribution < 1.29 is 14.8 Å². The van der Waals surface area contributed by atoms with Crippen LogP contribution in [0.2, 0.25) is 0 Å². The summed E-state index contributed by atoms with van der Waals surface area (Å²) in [6.07, 6.45) is 2.22. The van der Waals surface area contributed by atoms with E-state index in [9.17, 15) is 10.1 Å². The molecule has 3 rings (SSSR count). The molecular weight excluding hydrogens is 179 g/mol. The summed E-state index contributed by atoms with van der Waals surface area (Å²) in [7, 11) is -0.840. The molecule has 2 N–H and O–H groups in total. The third-order valence-corrected chi connectivity index (χ3v) is 2.98. The van der Waals surface area contributed by atoms with Gasteiger partial charge in [0.2, 0.25) is 0 Å². The fraction of sp³-hybridized carbons (Fsp3) is 0.400. The maximum atomic E-state index is 9.74. The van der Waals surface area contributed by atoms with Gasteiger partial charge in [0.1, 0.15) is 5.75 Å². The first-order valence-corrected chi connectivity index (χ1v) is 4.91. The van der Waals surface area contributed by atoms with Crippen molar-refractivity contribution in [3.05, 3.63) is 23.3 Å². The molecule has 1 saturated carbocycles. The van der Waals surface area contributed by atoms with Crippen molar-refractivity contribution in [1.82, 2.24) is 0 Å². The Labute approximate surface area is 82.5 Å². The minimum absolute atomic E-state index is 0.302. The first-order valence-electron chi connectivity index (χ1n) is 4.91. The van der Waals surface area contributed by atoms with Gasteiger partial charge in [0.15, 0.2) is 0 Å². The topological polar surface area (TPSA) is 49.7 Å². The van der Waals surface area contributed by atoms with Crippen LogP contribution in [0.25, 0.3) is 0 Å². The molecule has 3 nitrogen and oxygen atoms in total. The number of hydrogen-bond donors (Lipinski definition) is 2. The van der Waals surface area contributed by atoms with Gasteiger partial charge in [0.05, 0.1) is 6.61 Å². The number of rotatable bonds is 1. The van der Waals surface area contributed by atoms with Gasteiger partial charge in [-0.1, -0.05) is 6.07 Å². The van der Waals surface area contributed by atoms with Gasteiger partial charge in [-0.05, 0) is 41.4 Å². The van der Waals surface area contributed by atoms with E-state index in [0.717, 1.165) is 29.4 Å². The largest absolute Gasteiger partial charge is 0.508 e. The normalized spacial score (nSPS) is 19.9. The van der Waals surface area contributed by atoms with E-state index in [1.54, 1.807) is 6.07 Å². The Morgan fingerprint density at radius 2 is 2.14 bits per heavy atom. The molecule has 1 aliphatic heterocycles. The second-order valence-corrected chi connectivity index (χ2v) is 4.01. The lowest BCUT2D eigenvalue weighted by atomic mass is 9.74. The van der Waals surface area contributed by atoms with Crippen molar-refractivity contribution in [3.63, 3.8) is 0 Å². The van der Waals surface area contributed by atoms with Crippen LogP contribution < -0.4 is 5.46 Å². The predicted molar refractivity (Wildman–Crippen MR) is 52.5 cm³/mol. The number of phenols is 1. The molecule has 0 spiro atoms. The molecule has 2 aliphatic rings. The van der Waals surface area contributed by atoms with E-state index < -0.39 is 7.12 Å². The first-order chi connectivity index (χ1) is 6.77. The Hall–Kier alpha value is -0.995. The van der Waals surface area contributed by atoms with E-state index in [1.165, 1.54) is 0 Å². The van der Waals surface area contributed by atoms with E-state index >= 15 is 0 Å². The second kappa shape index (κ2) is 2.75. The molecule has 1 aliphatic carbocycles. The van der Waals surface area contributed by atoms with E-state index in [0.29, 0.717) is 18.3 Å². The fourth-order valence-electron chi connectivity index (χ4n) is 2.14. The fourth-order valence-corrected chi connectivity index (χ4v) is 2.14. The van der Waals surface area contributed by atoms with Gasteiger partial charge in [-0.3, -0.25) is 0 Å². The Morgan fingerprint density at radius 1 is 1.36 bits per heavy atom. The van der Waals surface area contributed by atoms with Crippen molar-refractivity contribution in [1.29, 1.82) is 0 Å². The zero-order valence-electron chi connectivity index (χ0n) is 7.73. The number of fused-ring (bicyclic) bond motifs is 1. The van der Waals surface area contributed by atoms with Gasteiger partial charge < -0.3 is 14.8 Å².